The molecule has 1 aliphatic rings. The molecule has 9 nitrogen and oxygen atoms in total. The Morgan fingerprint density at radius 3 is 2.26 bits per heavy atom. The number of para-hydroxylation sites is 2. The SMILES string of the molecule is CC(C)(C)OC(=O)C(C)(C)c1ccc(N=C(c2ccccc2)C2C(=O)Nc3cc(NC(=O)c4nc5ccccc5[nH]4)ccc32)cc1. The molecule has 3 N–H and O–H groups in total. The summed E-state index contributed by atoms with van der Waals surface area (Å²) in [6.45, 7) is 9.21. The number of imidazole rings is 1. The van der Waals surface area contributed by atoms with Gasteiger partial charge in [-0.05, 0) is 87.7 Å². The van der Waals surface area contributed by atoms with Crippen LogP contribution in [0.1, 0.15) is 67.8 Å². The molecule has 0 radical (unpaired) electrons. The van der Waals surface area contributed by atoms with Gasteiger partial charge in [0.1, 0.15) is 11.5 Å². The smallest absolute Gasteiger partial charge is 0.316 e. The van der Waals surface area contributed by atoms with E-state index in [0.717, 1.165) is 22.2 Å². The number of benzene rings is 4. The molecular formula is C37H35N5O4. The molecule has 0 spiro atoms. The van der Waals surface area contributed by atoms with Gasteiger partial charge in [-0.1, -0.05) is 60.7 Å². The second kappa shape index (κ2) is 11.7. The van der Waals surface area contributed by atoms with Crippen LogP contribution in [-0.4, -0.2) is 39.1 Å². The van der Waals surface area contributed by atoms with Crippen molar-refractivity contribution >= 4 is 51.6 Å². The van der Waals surface area contributed by atoms with Gasteiger partial charge in [-0.15, -0.1) is 0 Å². The van der Waals surface area contributed by atoms with E-state index in [0.29, 0.717) is 28.3 Å². The molecule has 1 atom stereocenters. The van der Waals surface area contributed by atoms with E-state index >= 15 is 0 Å². The Balaban J connectivity index is 1.29. The van der Waals surface area contributed by atoms with Gasteiger partial charge in [0.05, 0.1) is 27.8 Å². The summed E-state index contributed by atoms with van der Waals surface area (Å²) >= 11 is 0. The van der Waals surface area contributed by atoms with Crippen LogP contribution in [0.5, 0.6) is 0 Å². The quantitative estimate of drug-likeness (QED) is 0.131. The van der Waals surface area contributed by atoms with Gasteiger partial charge < -0.3 is 20.4 Å². The molecule has 0 aliphatic carbocycles. The number of H-pyrrole nitrogens is 1. The first-order chi connectivity index (χ1) is 21.9. The number of hydrogen-bond acceptors (Lipinski definition) is 6. The van der Waals surface area contributed by atoms with Gasteiger partial charge in [0.25, 0.3) is 5.91 Å². The molecule has 0 saturated heterocycles. The van der Waals surface area contributed by atoms with Crippen LogP contribution in [0.3, 0.4) is 0 Å². The van der Waals surface area contributed by atoms with E-state index in [1.165, 1.54) is 0 Å². The number of aromatic nitrogens is 2. The fourth-order valence-corrected chi connectivity index (χ4v) is 5.38. The maximum absolute atomic E-state index is 13.5. The summed E-state index contributed by atoms with van der Waals surface area (Å²) in [4.78, 5) is 51.8. The summed E-state index contributed by atoms with van der Waals surface area (Å²) < 4.78 is 5.65. The van der Waals surface area contributed by atoms with Crippen molar-refractivity contribution in [2.45, 2.75) is 51.6 Å². The largest absolute Gasteiger partial charge is 0.459 e. The monoisotopic (exact) mass is 613 g/mol. The van der Waals surface area contributed by atoms with Crippen LogP contribution in [0.2, 0.25) is 0 Å². The van der Waals surface area contributed by atoms with Crippen molar-refractivity contribution in [3.8, 4) is 0 Å². The number of esters is 1. The van der Waals surface area contributed by atoms with Crippen molar-refractivity contribution in [1.29, 1.82) is 0 Å². The van der Waals surface area contributed by atoms with Crippen LogP contribution in [0, 0.1) is 0 Å². The van der Waals surface area contributed by atoms with Crippen LogP contribution < -0.4 is 10.6 Å². The van der Waals surface area contributed by atoms with Crippen molar-refractivity contribution in [3.63, 3.8) is 0 Å². The lowest BCUT2D eigenvalue weighted by Gasteiger charge is -2.28. The maximum Gasteiger partial charge on any atom is 0.316 e. The Morgan fingerprint density at radius 2 is 1.57 bits per heavy atom. The van der Waals surface area contributed by atoms with Crippen molar-refractivity contribution in [3.05, 3.63) is 120 Å². The first kappa shape index (κ1) is 30.5. The number of fused-ring (bicyclic) bond motifs is 2. The maximum atomic E-state index is 13.5. The Labute approximate surface area is 267 Å². The Hall–Kier alpha value is -5.57. The molecule has 6 rings (SSSR count). The lowest BCUT2D eigenvalue weighted by molar-refractivity contribution is -0.160. The van der Waals surface area contributed by atoms with Gasteiger partial charge in [0.15, 0.2) is 5.82 Å². The Kier molecular flexibility index (Phi) is 7.77. The highest BCUT2D eigenvalue weighted by atomic mass is 16.6. The zero-order valence-corrected chi connectivity index (χ0v) is 26.3. The number of carbonyl (C=O) groups excluding carboxylic acids is 3. The highest BCUT2D eigenvalue weighted by Gasteiger charge is 2.36. The molecule has 0 bridgehead atoms. The lowest BCUT2D eigenvalue weighted by Crippen LogP contribution is -2.36. The number of amides is 2. The minimum absolute atomic E-state index is 0.197. The van der Waals surface area contributed by atoms with Gasteiger partial charge in [0, 0.05) is 11.4 Å². The van der Waals surface area contributed by atoms with Crippen LogP contribution in [0.25, 0.3) is 11.0 Å². The van der Waals surface area contributed by atoms with E-state index in [2.05, 4.69) is 20.6 Å². The summed E-state index contributed by atoms with van der Waals surface area (Å²) in [5.74, 6) is -1.41. The van der Waals surface area contributed by atoms with Gasteiger partial charge in [-0.3, -0.25) is 19.4 Å². The summed E-state index contributed by atoms with van der Waals surface area (Å²) in [6.07, 6.45) is 0. The molecule has 1 aliphatic heterocycles. The van der Waals surface area contributed by atoms with Gasteiger partial charge in [-0.2, -0.15) is 0 Å². The van der Waals surface area contributed by atoms with E-state index in [4.69, 9.17) is 9.73 Å². The highest BCUT2D eigenvalue weighted by Crippen LogP contribution is 2.38. The molecule has 0 saturated carbocycles. The topological polar surface area (TPSA) is 126 Å². The van der Waals surface area contributed by atoms with Gasteiger partial charge in [-0.25, -0.2) is 4.98 Å². The summed E-state index contributed by atoms with van der Waals surface area (Å²) in [6, 6.07) is 29.7. The highest BCUT2D eigenvalue weighted by molar-refractivity contribution is 6.24. The molecule has 1 unspecified atom stereocenters. The predicted molar refractivity (Wildman–Crippen MR) is 180 cm³/mol. The molecule has 0 fully saturated rings. The van der Waals surface area contributed by atoms with E-state index < -0.39 is 16.9 Å². The fraction of sp³-hybridized carbons (Fsp3) is 0.216. The minimum atomic E-state index is -0.862. The van der Waals surface area contributed by atoms with Gasteiger partial charge in [0.2, 0.25) is 5.91 Å². The van der Waals surface area contributed by atoms with E-state index in [1.54, 1.807) is 12.1 Å². The predicted octanol–water partition coefficient (Wildman–Crippen LogP) is 7.29. The van der Waals surface area contributed by atoms with Crippen LogP contribution in [0.15, 0.2) is 102 Å². The number of nitrogens with zero attached hydrogens (tertiary/aromatic N) is 2. The van der Waals surface area contributed by atoms with Gasteiger partial charge >= 0.3 is 5.97 Å². The number of hydrogen-bond donors (Lipinski definition) is 3. The number of carbonyl (C=O) groups is 3. The molecule has 46 heavy (non-hydrogen) atoms. The van der Waals surface area contributed by atoms with Crippen molar-refractivity contribution in [2.24, 2.45) is 4.99 Å². The zero-order valence-electron chi connectivity index (χ0n) is 26.3. The van der Waals surface area contributed by atoms with E-state index in [-0.39, 0.29) is 23.6 Å². The number of anilines is 2. The molecule has 9 heteroatoms. The Bertz CT molecular complexity index is 1950. The molecule has 1 aromatic heterocycles. The number of aromatic amines is 1. The zero-order chi connectivity index (χ0) is 32.6. The lowest BCUT2D eigenvalue weighted by atomic mass is 9.84. The third kappa shape index (κ3) is 6.17. The summed E-state index contributed by atoms with van der Waals surface area (Å²) in [7, 11) is 0. The Morgan fingerprint density at radius 1 is 0.870 bits per heavy atom. The number of aliphatic imine (C=N–C) groups is 1. The molecule has 232 valence electrons. The second-order valence-electron chi connectivity index (χ2n) is 12.8. The molecule has 2 heterocycles. The first-order valence-corrected chi connectivity index (χ1v) is 15.1. The fourth-order valence-electron chi connectivity index (χ4n) is 5.38. The summed E-state index contributed by atoms with van der Waals surface area (Å²) in [5.41, 5.74) is 4.69. The van der Waals surface area contributed by atoms with Crippen molar-refractivity contribution in [2.75, 3.05) is 10.6 Å². The van der Waals surface area contributed by atoms with Crippen molar-refractivity contribution in [1.82, 2.24) is 9.97 Å². The third-order valence-electron chi connectivity index (χ3n) is 7.84. The van der Waals surface area contributed by atoms with Crippen LogP contribution in [0.4, 0.5) is 17.1 Å². The molecular weight excluding hydrogens is 578 g/mol. The van der Waals surface area contributed by atoms with E-state index in [9.17, 15) is 14.4 Å². The second-order valence-corrected chi connectivity index (χ2v) is 12.8. The molecule has 4 aromatic carbocycles. The molecule has 5 aromatic rings. The number of rotatable bonds is 7. The molecule has 2 amide bonds. The number of nitrogens with one attached hydrogen (secondary N) is 3. The van der Waals surface area contributed by atoms with Crippen LogP contribution in [-0.2, 0) is 19.7 Å². The normalized spacial score (nSPS) is 14.9. The van der Waals surface area contributed by atoms with Crippen LogP contribution >= 0.6 is 0 Å². The average Bonchev–Trinajstić information content (AvgIpc) is 3.60. The summed E-state index contributed by atoms with van der Waals surface area (Å²) in [5, 5.41) is 5.84. The first-order valence-electron chi connectivity index (χ1n) is 15.1. The van der Waals surface area contributed by atoms with Crippen molar-refractivity contribution < 1.29 is 19.1 Å². The van der Waals surface area contributed by atoms with E-state index in [1.807, 2.05) is 120 Å². The number of ether oxygens (including phenoxy) is 1. The average molecular weight is 614 g/mol. The third-order valence-corrected chi connectivity index (χ3v) is 7.84. The standard InChI is InChI=1S/C37H35N5O4/c1-36(2,3)46-35(45)37(4,5)23-15-17-24(18-16-23)38-31(22-11-7-6-8-12-22)30-26-20-19-25(21-29(26)42-33(30)43)39-34(44)32-40-27-13-9-10-14-28(27)41-32/h6-21,30H,1-5H3,(H,39,44)(H,40,41)(H,42,43). The minimum Gasteiger partial charge on any atom is -0.459 e.